The second kappa shape index (κ2) is 4.90. The minimum Gasteiger partial charge on any atom is -0.357 e. The minimum atomic E-state index is 0.595. The molecule has 3 atom stereocenters. The van der Waals surface area contributed by atoms with Crippen molar-refractivity contribution >= 4 is 16.5 Å². The van der Waals surface area contributed by atoms with E-state index in [2.05, 4.69) is 20.8 Å². The van der Waals surface area contributed by atoms with Crippen LogP contribution in [0.15, 0.2) is 0 Å². The van der Waals surface area contributed by atoms with E-state index in [9.17, 15) is 0 Å². The van der Waals surface area contributed by atoms with Crippen LogP contribution in [0.3, 0.4) is 0 Å². The fourth-order valence-electron chi connectivity index (χ4n) is 3.24. The zero-order chi connectivity index (χ0) is 11.7. The van der Waals surface area contributed by atoms with Crippen molar-refractivity contribution in [2.45, 2.75) is 51.1 Å². The molecule has 2 heterocycles. The molecule has 0 spiro atoms. The summed E-state index contributed by atoms with van der Waals surface area (Å²) in [6.45, 7) is 3.21. The minimum absolute atomic E-state index is 0.595. The first-order chi connectivity index (χ1) is 8.33. The first-order valence-corrected chi connectivity index (χ1v) is 7.44. The summed E-state index contributed by atoms with van der Waals surface area (Å²) < 4.78 is 0. The van der Waals surface area contributed by atoms with Crippen molar-refractivity contribution in [2.75, 3.05) is 11.9 Å². The highest BCUT2D eigenvalue weighted by molar-refractivity contribution is 7.15. The van der Waals surface area contributed by atoms with Gasteiger partial charge in [0.25, 0.3) is 0 Å². The first-order valence-electron chi connectivity index (χ1n) is 6.63. The van der Waals surface area contributed by atoms with E-state index < -0.39 is 0 Å². The summed E-state index contributed by atoms with van der Waals surface area (Å²) in [6.07, 6.45) is 6.66. The Balaban J connectivity index is 1.65. The summed E-state index contributed by atoms with van der Waals surface area (Å²) in [4.78, 5) is 0. The molecule has 0 radical (unpaired) electrons. The van der Waals surface area contributed by atoms with Crippen molar-refractivity contribution in [1.29, 1.82) is 0 Å². The molecule has 2 N–H and O–H groups in total. The van der Waals surface area contributed by atoms with Gasteiger partial charge in [0.1, 0.15) is 5.01 Å². The molecule has 0 bridgehead atoms. The number of rotatable bonds is 3. The van der Waals surface area contributed by atoms with E-state index in [0.29, 0.717) is 6.04 Å². The molecular weight excluding hydrogens is 232 g/mol. The van der Waals surface area contributed by atoms with Gasteiger partial charge < -0.3 is 10.6 Å². The third-order valence-corrected chi connectivity index (χ3v) is 4.79. The number of anilines is 1. The molecule has 0 aromatic carbocycles. The van der Waals surface area contributed by atoms with E-state index in [-0.39, 0.29) is 0 Å². The number of nitrogens with one attached hydrogen (secondary N) is 2. The Bertz CT molecular complexity index is 372. The monoisotopic (exact) mass is 252 g/mol. The zero-order valence-electron chi connectivity index (χ0n) is 10.3. The van der Waals surface area contributed by atoms with E-state index in [1.165, 1.54) is 38.6 Å². The number of aromatic nitrogens is 2. The largest absolute Gasteiger partial charge is 0.357 e. The van der Waals surface area contributed by atoms with Crippen LogP contribution in [0.4, 0.5) is 5.13 Å². The first kappa shape index (κ1) is 11.4. The molecular formula is C12H20N4S. The lowest BCUT2D eigenvalue weighted by Crippen LogP contribution is -2.38. The Morgan fingerprint density at radius 2 is 2.18 bits per heavy atom. The smallest absolute Gasteiger partial charge is 0.205 e. The molecule has 1 aromatic heterocycles. The number of hydrogen-bond donors (Lipinski definition) is 2. The van der Waals surface area contributed by atoms with Gasteiger partial charge >= 0.3 is 0 Å². The van der Waals surface area contributed by atoms with Crippen molar-refractivity contribution in [3.8, 4) is 0 Å². The van der Waals surface area contributed by atoms with Gasteiger partial charge in [-0.3, -0.25) is 0 Å². The average molecular weight is 252 g/mol. The molecule has 94 valence electrons. The average Bonchev–Trinajstić information content (AvgIpc) is 3.00. The van der Waals surface area contributed by atoms with E-state index in [1.807, 2.05) is 6.92 Å². The zero-order valence-corrected chi connectivity index (χ0v) is 11.1. The van der Waals surface area contributed by atoms with Crippen LogP contribution < -0.4 is 10.6 Å². The maximum absolute atomic E-state index is 4.18. The van der Waals surface area contributed by atoms with Gasteiger partial charge in [-0.05, 0) is 45.1 Å². The van der Waals surface area contributed by atoms with E-state index in [0.717, 1.165) is 22.1 Å². The second-order valence-corrected chi connectivity index (χ2v) is 6.36. The third kappa shape index (κ3) is 2.45. The molecule has 1 saturated heterocycles. The second-order valence-electron chi connectivity index (χ2n) is 5.17. The van der Waals surface area contributed by atoms with Crippen molar-refractivity contribution < 1.29 is 0 Å². The Labute approximate surface area is 106 Å². The van der Waals surface area contributed by atoms with Crippen molar-refractivity contribution in [3.05, 3.63) is 5.01 Å². The third-order valence-electron chi connectivity index (χ3n) is 4.02. The van der Waals surface area contributed by atoms with E-state index in [4.69, 9.17) is 0 Å². The van der Waals surface area contributed by atoms with Gasteiger partial charge in [0.05, 0.1) is 0 Å². The van der Waals surface area contributed by atoms with Crippen LogP contribution in [0.1, 0.15) is 37.1 Å². The molecule has 3 rings (SSSR count). The highest BCUT2D eigenvalue weighted by atomic mass is 32.1. The summed E-state index contributed by atoms with van der Waals surface area (Å²) in [5, 5.41) is 17.5. The molecule has 1 aromatic rings. The number of hydrogen-bond acceptors (Lipinski definition) is 5. The van der Waals surface area contributed by atoms with Crippen LogP contribution in [0.2, 0.25) is 0 Å². The number of aryl methyl sites for hydroxylation is 1. The lowest BCUT2D eigenvalue weighted by Gasteiger charge is -2.26. The topological polar surface area (TPSA) is 49.8 Å². The lowest BCUT2D eigenvalue weighted by atomic mass is 9.93. The predicted octanol–water partition coefficient (Wildman–Crippen LogP) is 2.18. The molecule has 2 aliphatic rings. The predicted molar refractivity (Wildman–Crippen MR) is 70.4 cm³/mol. The highest BCUT2D eigenvalue weighted by Crippen LogP contribution is 2.34. The molecule has 3 unspecified atom stereocenters. The van der Waals surface area contributed by atoms with Crippen LogP contribution >= 0.6 is 11.3 Å². The summed E-state index contributed by atoms with van der Waals surface area (Å²) in [6, 6.07) is 1.32. The van der Waals surface area contributed by atoms with Gasteiger partial charge in [0.15, 0.2) is 0 Å². The van der Waals surface area contributed by atoms with Crippen molar-refractivity contribution in [3.63, 3.8) is 0 Å². The Morgan fingerprint density at radius 1 is 1.24 bits per heavy atom. The molecule has 1 aliphatic carbocycles. The van der Waals surface area contributed by atoms with Gasteiger partial charge in [-0.1, -0.05) is 17.8 Å². The summed E-state index contributed by atoms with van der Waals surface area (Å²) >= 11 is 1.67. The van der Waals surface area contributed by atoms with Gasteiger partial charge in [-0.2, -0.15) is 0 Å². The molecule has 17 heavy (non-hydrogen) atoms. The van der Waals surface area contributed by atoms with Crippen molar-refractivity contribution in [2.24, 2.45) is 5.92 Å². The van der Waals surface area contributed by atoms with Gasteiger partial charge in [-0.15, -0.1) is 10.2 Å². The molecule has 4 nitrogen and oxygen atoms in total. The number of nitrogens with zero attached hydrogens (tertiary/aromatic N) is 2. The molecule has 1 saturated carbocycles. The van der Waals surface area contributed by atoms with Crippen LogP contribution in [-0.4, -0.2) is 28.8 Å². The summed E-state index contributed by atoms with van der Waals surface area (Å²) in [5.41, 5.74) is 0. The standard InChI is InChI=1S/C12H20N4S/c1-8-15-16-12(17-8)14-11-5-2-4-9(11)10-6-3-7-13-10/h9-11,13H,2-7H2,1H3,(H,14,16). The Kier molecular flexibility index (Phi) is 3.29. The maximum Gasteiger partial charge on any atom is 0.205 e. The molecule has 2 fully saturated rings. The normalized spacial score (nSPS) is 33.1. The highest BCUT2D eigenvalue weighted by Gasteiger charge is 2.35. The summed E-state index contributed by atoms with van der Waals surface area (Å²) in [5.74, 6) is 0.779. The fraction of sp³-hybridized carbons (Fsp3) is 0.833. The van der Waals surface area contributed by atoms with Crippen LogP contribution in [-0.2, 0) is 0 Å². The molecule has 0 amide bonds. The van der Waals surface area contributed by atoms with Gasteiger partial charge in [0.2, 0.25) is 5.13 Å². The van der Waals surface area contributed by atoms with Crippen LogP contribution in [0.25, 0.3) is 0 Å². The van der Waals surface area contributed by atoms with E-state index >= 15 is 0 Å². The Morgan fingerprint density at radius 3 is 2.88 bits per heavy atom. The maximum atomic E-state index is 4.18. The summed E-state index contributed by atoms with van der Waals surface area (Å²) in [7, 11) is 0. The molecule has 5 heteroatoms. The Hall–Kier alpha value is -0.680. The fourth-order valence-corrected chi connectivity index (χ4v) is 3.89. The van der Waals surface area contributed by atoms with Crippen LogP contribution in [0.5, 0.6) is 0 Å². The van der Waals surface area contributed by atoms with E-state index in [1.54, 1.807) is 11.3 Å². The SMILES string of the molecule is Cc1nnc(NC2CCCC2C2CCCN2)s1. The molecule has 1 aliphatic heterocycles. The van der Waals surface area contributed by atoms with Gasteiger partial charge in [-0.25, -0.2) is 0 Å². The van der Waals surface area contributed by atoms with Gasteiger partial charge in [0, 0.05) is 12.1 Å². The quantitative estimate of drug-likeness (QED) is 0.865. The van der Waals surface area contributed by atoms with Crippen molar-refractivity contribution in [1.82, 2.24) is 15.5 Å². The lowest BCUT2D eigenvalue weighted by molar-refractivity contribution is 0.376. The van der Waals surface area contributed by atoms with Crippen LogP contribution in [0, 0.1) is 12.8 Å².